The lowest BCUT2D eigenvalue weighted by atomic mass is 10.0. The number of H-pyrrole nitrogens is 1. The van der Waals surface area contributed by atoms with Crippen molar-refractivity contribution in [2.75, 3.05) is 12.4 Å². The summed E-state index contributed by atoms with van der Waals surface area (Å²) >= 11 is 5.73. The third kappa shape index (κ3) is 4.92. The second kappa shape index (κ2) is 7.93. The molecule has 0 radical (unpaired) electrons. The minimum absolute atomic E-state index is 0.211. The summed E-state index contributed by atoms with van der Waals surface area (Å²) in [6.45, 7) is 2.71. The number of carbonyl (C=O) groups is 1. The SMILES string of the molecule is CCCC(CCCl)CNC(=O)c1cc[nH]c(=O)c1. The van der Waals surface area contributed by atoms with Crippen LogP contribution < -0.4 is 10.9 Å². The molecule has 1 amide bonds. The zero-order valence-electron chi connectivity index (χ0n) is 10.5. The average molecular weight is 271 g/mol. The van der Waals surface area contributed by atoms with Gasteiger partial charge in [0.05, 0.1) is 0 Å². The molecule has 1 aromatic heterocycles. The minimum Gasteiger partial charge on any atom is -0.352 e. The van der Waals surface area contributed by atoms with Crippen molar-refractivity contribution in [2.45, 2.75) is 26.2 Å². The molecule has 100 valence electrons. The molecule has 18 heavy (non-hydrogen) atoms. The largest absolute Gasteiger partial charge is 0.352 e. The maximum atomic E-state index is 11.8. The zero-order valence-corrected chi connectivity index (χ0v) is 11.3. The van der Waals surface area contributed by atoms with Gasteiger partial charge in [-0.25, -0.2) is 0 Å². The van der Waals surface area contributed by atoms with Gasteiger partial charge in [-0.15, -0.1) is 11.6 Å². The summed E-state index contributed by atoms with van der Waals surface area (Å²) < 4.78 is 0. The Labute approximate surface area is 112 Å². The fourth-order valence-electron chi connectivity index (χ4n) is 1.84. The first-order valence-electron chi connectivity index (χ1n) is 6.20. The number of pyridine rings is 1. The van der Waals surface area contributed by atoms with Crippen LogP contribution in [0.15, 0.2) is 23.1 Å². The van der Waals surface area contributed by atoms with Crippen LogP contribution in [-0.4, -0.2) is 23.3 Å². The van der Waals surface area contributed by atoms with Gasteiger partial charge in [-0.1, -0.05) is 13.3 Å². The first-order valence-corrected chi connectivity index (χ1v) is 6.73. The number of carbonyl (C=O) groups excluding carboxylic acids is 1. The molecule has 0 aliphatic carbocycles. The Bertz CT molecular complexity index is 425. The Hall–Kier alpha value is -1.29. The van der Waals surface area contributed by atoms with Gasteiger partial charge in [0.15, 0.2) is 0 Å². The molecule has 0 aliphatic heterocycles. The van der Waals surface area contributed by atoms with E-state index >= 15 is 0 Å². The quantitative estimate of drug-likeness (QED) is 0.746. The number of aromatic amines is 1. The first-order chi connectivity index (χ1) is 8.67. The highest BCUT2D eigenvalue weighted by Gasteiger charge is 2.10. The number of alkyl halides is 1. The maximum absolute atomic E-state index is 11.8. The number of hydrogen-bond donors (Lipinski definition) is 2. The van der Waals surface area contributed by atoms with Crippen LogP contribution in [-0.2, 0) is 0 Å². The van der Waals surface area contributed by atoms with E-state index in [1.165, 1.54) is 12.3 Å². The first kappa shape index (κ1) is 14.8. The van der Waals surface area contributed by atoms with Crippen LogP contribution in [0.4, 0.5) is 0 Å². The van der Waals surface area contributed by atoms with Crippen LogP contribution in [0, 0.1) is 5.92 Å². The molecule has 0 spiro atoms. The van der Waals surface area contributed by atoms with Gasteiger partial charge in [0.25, 0.3) is 5.91 Å². The molecule has 4 nitrogen and oxygen atoms in total. The van der Waals surface area contributed by atoms with Gasteiger partial charge in [-0.3, -0.25) is 9.59 Å². The van der Waals surface area contributed by atoms with Gasteiger partial charge in [0.2, 0.25) is 5.56 Å². The highest BCUT2D eigenvalue weighted by atomic mass is 35.5. The lowest BCUT2D eigenvalue weighted by molar-refractivity contribution is 0.0945. The Kier molecular flexibility index (Phi) is 6.50. The monoisotopic (exact) mass is 270 g/mol. The molecular weight excluding hydrogens is 252 g/mol. The van der Waals surface area contributed by atoms with Crippen LogP contribution in [0.1, 0.15) is 36.5 Å². The predicted octanol–water partition coefficient (Wildman–Crippen LogP) is 2.15. The average Bonchev–Trinajstić information content (AvgIpc) is 2.36. The fraction of sp³-hybridized carbons (Fsp3) is 0.538. The van der Waals surface area contributed by atoms with Crippen molar-refractivity contribution in [3.8, 4) is 0 Å². The van der Waals surface area contributed by atoms with Gasteiger partial charge >= 0.3 is 0 Å². The van der Waals surface area contributed by atoms with Crippen LogP contribution >= 0.6 is 11.6 Å². The van der Waals surface area contributed by atoms with E-state index in [0.29, 0.717) is 23.9 Å². The fourth-order valence-corrected chi connectivity index (χ4v) is 2.14. The van der Waals surface area contributed by atoms with E-state index in [1.54, 1.807) is 6.07 Å². The van der Waals surface area contributed by atoms with Crippen molar-refractivity contribution in [3.05, 3.63) is 34.2 Å². The lowest BCUT2D eigenvalue weighted by Crippen LogP contribution is -2.30. The second-order valence-electron chi connectivity index (χ2n) is 4.28. The van der Waals surface area contributed by atoms with E-state index in [4.69, 9.17) is 11.6 Å². The Morgan fingerprint density at radius 2 is 2.28 bits per heavy atom. The van der Waals surface area contributed by atoms with E-state index in [9.17, 15) is 9.59 Å². The van der Waals surface area contributed by atoms with Gasteiger partial charge in [-0.05, 0) is 24.8 Å². The van der Waals surface area contributed by atoms with E-state index in [-0.39, 0.29) is 11.5 Å². The van der Waals surface area contributed by atoms with Crippen molar-refractivity contribution >= 4 is 17.5 Å². The maximum Gasteiger partial charge on any atom is 0.251 e. The molecule has 0 saturated carbocycles. The molecule has 1 heterocycles. The summed E-state index contributed by atoms with van der Waals surface area (Å²) in [5, 5.41) is 2.85. The molecule has 1 rings (SSSR count). The number of hydrogen-bond acceptors (Lipinski definition) is 2. The standard InChI is InChI=1S/C13H19ClN2O2/c1-2-3-10(4-6-14)9-16-13(18)11-5-7-15-12(17)8-11/h5,7-8,10H,2-4,6,9H2,1H3,(H,15,17)(H,16,18). The third-order valence-electron chi connectivity index (χ3n) is 2.80. The molecule has 0 bridgehead atoms. The number of halogens is 1. The van der Waals surface area contributed by atoms with Crippen molar-refractivity contribution in [2.24, 2.45) is 5.92 Å². The third-order valence-corrected chi connectivity index (χ3v) is 3.02. The lowest BCUT2D eigenvalue weighted by Gasteiger charge is -2.15. The number of nitrogens with one attached hydrogen (secondary N) is 2. The van der Waals surface area contributed by atoms with Crippen molar-refractivity contribution in [1.29, 1.82) is 0 Å². The van der Waals surface area contributed by atoms with Gasteiger partial charge in [-0.2, -0.15) is 0 Å². The molecular formula is C13H19ClN2O2. The van der Waals surface area contributed by atoms with E-state index in [1.807, 2.05) is 0 Å². The van der Waals surface area contributed by atoms with Gasteiger partial charge in [0.1, 0.15) is 0 Å². The molecule has 0 aliphatic rings. The molecule has 1 aromatic rings. The molecule has 2 N–H and O–H groups in total. The normalized spacial score (nSPS) is 12.1. The topological polar surface area (TPSA) is 62.0 Å². The van der Waals surface area contributed by atoms with Crippen LogP contribution in [0.5, 0.6) is 0 Å². The molecule has 0 saturated heterocycles. The smallest absolute Gasteiger partial charge is 0.251 e. The molecule has 0 fully saturated rings. The minimum atomic E-state index is -0.270. The molecule has 1 unspecified atom stereocenters. The van der Waals surface area contributed by atoms with Crippen LogP contribution in [0.2, 0.25) is 0 Å². The summed E-state index contributed by atoms with van der Waals surface area (Å²) in [5.74, 6) is 0.793. The summed E-state index contributed by atoms with van der Waals surface area (Å²) in [4.78, 5) is 25.4. The molecule has 0 aromatic carbocycles. The highest BCUT2D eigenvalue weighted by molar-refractivity contribution is 6.17. The number of amides is 1. The van der Waals surface area contributed by atoms with Crippen molar-refractivity contribution in [3.63, 3.8) is 0 Å². The number of aromatic nitrogens is 1. The predicted molar refractivity (Wildman–Crippen MR) is 73.1 cm³/mol. The Morgan fingerprint density at radius 1 is 1.50 bits per heavy atom. The Morgan fingerprint density at radius 3 is 2.89 bits per heavy atom. The summed E-state index contributed by atoms with van der Waals surface area (Å²) in [6.07, 6.45) is 4.48. The summed E-state index contributed by atoms with van der Waals surface area (Å²) in [5.41, 5.74) is 0.119. The second-order valence-corrected chi connectivity index (χ2v) is 4.66. The molecule has 5 heteroatoms. The number of rotatable bonds is 7. The highest BCUT2D eigenvalue weighted by Crippen LogP contribution is 2.11. The zero-order chi connectivity index (χ0) is 13.4. The molecule has 1 atom stereocenters. The van der Waals surface area contributed by atoms with Gasteiger partial charge in [0, 0.05) is 30.3 Å². The summed E-state index contributed by atoms with van der Waals surface area (Å²) in [7, 11) is 0. The van der Waals surface area contributed by atoms with Gasteiger partial charge < -0.3 is 10.3 Å². The Balaban J connectivity index is 2.51. The summed E-state index contributed by atoms with van der Waals surface area (Å²) in [6, 6.07) is 2.89. The van der Waals surface area contributed by atoms with Crippen molar-refractivity contribution < 1.29 is 4.79 Å². The van der Waals surface area contributed by atoms with E-state index in [0.717, 1.165) is 19.3 Å². The van der Waals surface area contributed by atoms with Crippen LogP contribution in [0.25, 0.3) is 0 Å². The van der Waals surface area contributed by atoms with E-state index < -0.39 is 0 Å². The van der Waals surface area contributed by atoms with Crippen LogP contribution in [0.3, 0.4) is 0 Å². The van der Waals surface area contributed by atoms with E-state index in [2.05, 4.69) is 17.2 Å². The van der Waals surface area contributed by atoms with Crippen molar-refractivity contribution in [1.82, 2.24) is 10.3 Å².